The molecule has 1 unspecified atom stereocenters. The quantitative estimate of drug-likeness (QED) is 0.478. The van der Waals surface area contributed by atoms with Crippen LogP contribution in [0.4, 0.5) is 9.59 Å². The minimum Gasteiger partial charge on any atom is -0.444 e. The molecule has 10 heteroatoms. The number of ether oxygens (including phenoxy) is 1. The Morgan fingerprint density at radius 2 is 1.90 bits per heavy atom. The van der Waals surface area contributed by atoms with Crippen molar-refractivity contribution in [2.24, 2.45) is 0 Å². The molecule has 31 heavy (non-hydrogen) atoms. The van der Waals surface area contributed by atoms with Gasteiger partial charge in [0.05, 0.1) is 12.6 Å². The normalized spacial score (nSPS) is 20.5. The number of carbonyl (C=O) groups excluding carboxylic acids is 3. The molecule has 1 aromatic carbocycles. The third kappa shape index (κ3) is 6.31. The summed E-state index contributed by atoms with van der Waals surface area (Å²) in [6.07, 6.45) is 0.626. The lowest BCUT2D eigenvalue weighted by molar-refractivity contribution is -0.141. The maximum atomic E-state index is 12.7. The number of nitrogens with one attached hydrogen (secondary N) is 2. The lowest BCUT2D eigenvalue weighted by atomic mass is 10.0. The summed E-state index contributed by atoms with van der Waals surface area (Å²) in [5.41, 5.74) is 2.75. The average molecular weight is 434 g/mol. The molecule has 0 saturated carbocycles. The van der Waals surface area contributed by atoms with Crippen molar-refractivity contribution in [1.29, 1.82) is 0 Å². The van der Waals surface area contributed by atoms with Crippen molar-refractivity contribution >= 4 is 18.0 Å². The van der Waals surface area contributed by atoms with Crippen molar-refractivity contribution in [1.82, 2.24) is 20.8 Å². The van der Waals surface area contributed by atoms with E-state index >= 15 is 0 Å². The number of nitrogens with zero attached hydrogens (tertiary/aromatic N) is 2. The largest absolute Gasteiger partial charge is 0.444 e. The Hall–Kier alpha value is -2.85. The SMILES string of the molecule is CC(C)(C)OC(=O)NCCONC(=O)C1CC[C@@H]2CN1C(=O)N2OCc1ccccc1. The van der Waals surface area contributed by atoms with Crippen LogP contribution in [0.2, 0.25) is 0 Å². The highest BCUT2D eigenvalue weighted by Crippen LogP contribution is 2.30. The third-order valence-corrected chi connectivity index (χ3v) is 4.88. The smallest absolute Gasteiger partial charge is 0.407 e. The molecule has 3 rings (SSSR count). The molecule has 0 radical (unpaired) electrons. The van der Waals surface area contributed by atoms with E-state index in [4.69, 9.17) is 14.4 Å². The minimum absolute atomic E-state index is 0.0700. The van der Waals surface area contributed by atoms with Crippen molar-refractivity contribution in [2.75, 3.05) is 19.7 Å². The van der Waals surface area contributed by atoms with Gasteiger partial charge in [-0.05, 0) is 39.2 Å². The molecule has 0 aromatic heterocycles. The zero-order valence-corrected chi connectivity index (χ0v) is 18.1. The monoisotopic (exact) mass is 434 g/mol. The van der Waals surface area contributed by atoms with Crippen molar-refractivity contribution in [3.8, 4) is 0 Å². The highest BCUT2D eigenvalue weighted by molar-refractivity contribution is 5.88. The van der Waals surface area contributed by atoms with Gasteiger partial charge in [0.2, 0.25) is 0 Å². The number of hydroxylamine groups is 3. The van der Waals surface area contributed by atoms with Crippen LogP contribution in [0.25, 0.3) is 0 Å². The first kappa shape index (κ1) is 22.8. The number of hydrogen-bond acceptors (Lipinski definition) is 6. The molecule has 0 spiro atoms. The van der Waals surface area contributed by atoms with Gasteiger partial charge in [-0.15, -0.1) is 0 Å². The summed E-state index contributed by atoms with van der Waals surface area (Å²) in [5.74, 6) is -0.394. The van der Waals surface area contributed by atoms with Gasteiger partial charge < -0.3 is 15.0 Å². The Bertz CT molecular complexity index is 782. The first-order chi connectivity index (χ1) is 14.7. The number of amides is 4. The predicted molar refractivity (Wildman–Crippen MR) is 110 cm³/mol. The summed E-state index contributed by atoms with van der Waals surface area (Å²) in [4.78, 5) is 49.2. The molecule has 2 aliphatic heterocycles. The third-order valence-electron chi connectivity index (χ3n) is 4.88. The molecule has 2 aliphatic rings. The molecule has 1 aromatic rings. The summed E-state index contributed by atoms with van der Waals surface area (Å²) in [5, 5.41) is 3.92. The maximum Gasteiger partial charge on any atom is 0.407 e. The second kappa shape index (κ2) is 9.97. The van der Waals surface area contributed by atoms with Gasteiger partial charge in [-0.25, -0.2) is 15.1 Å². The highest BCUT2D eigenvalue weighted by Gasteiger charge is 2.48. The molecule has 2 bridgehead atoms. The molecule has 0 aliphatic carbocycles. The molecule has 4 amide bonds. The van der Waals surface area contributed by atoms with Crippen LogP contribution in [0, 0.1) is 0 Å². The Morgan fingerprint density at radius 1 is 1.16 bits per heavy atom. The van der Waals surface area contributed by atoms with Crippen LogP contribution < -0.4 is 10.8 Å². The highest BCUT2D eigenvalue weighted by atomic mass is 16.7. The van der Waals surface area contributed by atoms with E-state index in [1.165, 1.54) is 9.96 Å². The van der Waals surface area contributed by atoms with E-state index in [1.54, 1.807) is 20.8 Å². The fourth-order valence-corrected chi connectivity index (χ4v) is 3.50. The molecule has 2 saturated heterocycles. The Labute approximate surface area is 181 Å². The summed E-state index contributed by atoms with van der Waals surface area (Å²) in [6.45, 7) is 6.28. The number of hydrogen-bond donors (Lipinski definition) is 2. The maximum absolute atomic E-state index is 12.7. The molecule has 2 heterocycles. The van der Waals surface area contributed by atoms with E-state index in [1.807, 2.05) is 30.3 Å². The van der Waals surface area contributed by atoms with Crippen LogP contribution in [0.5, 0.6) is 0 Å². The Morgan fingerprint density at radius 3 is 2.61 bits per heavy atom. The topological polar surface area (TPSA) is 109 Å². The van der Waals surface area contributed by atoms with Gasteiger partial charge in [0.1, 0.15) is 18.2 Å². The fraction of sp³-hybridized carbons (Fsp3) is 0.571. The molecular weight excluding hydrogens is 404 g/mol. The summed E-state index contributed by atoms with van der Waals surface area (Å²) in [7, 11) is 0. The number of alkyl carbamates (subject to hydrolysis) is 1. The zero-order valence-electron chi connectivity index (χ0n) is 18.1. The lowest BCUT2D eigenvalue weighted by Crippen LogP contribution is -2.50. The van der Waals surface area contributed by atoms with Crippen molar-refractivity contribution < 1.29 is 28.8 Å². The summed E-state index contributed by atoms with van der Waals surface area (Å²) < 4.78 is 5.11. The van der Waals surface area contributed by atoms with Crippen LogP contribution in [0.15, 0.2) is 30.3 Å². The number of urea groups is 1. The number of fused-ring (bicyclic) bond motifs is 2. The molecule has 2 atom stereocenters. The minimum atomic E-state index is -0.618. The van der Waals surface area contributed by atoms with Gasteiger partial charge in [-0.1, -0.05) is 30.3 Å². The van der Waals surface area contributed by atoms with E-state index in [2.05, 4.69) is 10.8 Å². The van der Waals surface area contributed by atoms with Gasteiger partial charge in [0, 0.05) is 13.1 Å². The van der Waals surface area contributed by atoms with Gasteiger partial charge in [-0.2, -0.15) is 5.06 Å². The van der Waals surface area contributed by atoms with Crippen LogP contribution in [-0.2, 0) is 25.8 Å². The second-order valence-corrected chi connectivity index (χ2v) is 8.51. The molecule has 170 valence electrons. The van der Waals surface area contributed by atoms with E-state index < -0.39 is 23.6 Å². The number of rotatable bonds is 8. The summed E-state index contributed by atoms with van der Waals surface area (Å²) in [6, 6.07) is 8.60. The molecule has 2 N–H and O–H groups in total. The van der Waals surface area contributed by atoms with Gasteiger partial charge in [0.25, 0.3) is 5.91 Å². The van der Waals surface area contributed by atoms with Gasteiger partial charge in [0.15, 0.2) is 0 Å². The fourth-order valence-electron chi connectivity index (χ4n) is 3.50. The summed E-state index contributed by atoms with van der Waals surface area (Å²) >= 11 is 0. The van der Waals surface area contributed by atoms with Crippen LogP contribution in [-0.4, -0.2) is 65.4 Å². The van der Waals surface area contributed by atoms with Gasteiger partial charge >= 0.3 is 12.1 Å². The lowest BCUT2D eigenvalue weighted by Gasteiger charge is -2.29. The first-order valence-corrected chi connectivity index (χ1v) is 10.4. The first-order valence-electron chi connectivity index (χ1n) is 10.4. The van der Waals surface area contributed by atoms with E-state index in [0.717, 1.165) is 5.56 Å². The molecule has 10 nitrogen and oxygen atoms in total. The van der Waals surface area contributed by atoms with Crippen molar-refractivity contribution in [3.05, 3.63) is 35.9 Å². The van der Waals surface area contributed by atoms with Crippen LogP contribution in [0.1, 0.15) is 39.2 Å². The van der Waals surface area contributed by atoms with E-state index in [0.29, 0.717) is 26.0 Å². The Kier molecular flexibility index (Phi) is 7.34. The van der Waals surface area contributed by atoms with Gasteiger partial charge in [-0.3, -0.25) is 14.5 Å². The Balaban J connectivity index is 1.40. The number of carbonyl (C=O) groups is 3. The van der Waals surface area contributed by atoms with Crippen LogP contribution >= 0.6 is 0 Å². The zero-order chi connectivity index (χ0) is 22.4. The van der Waals surface area contributed by atoms with E-state index in [9.17, 15) is 14.4 Å². The average Bonchev–Trinajstić information content (AvgIpc) is 2.95. The molecule has 2 fully saturated rings. The van der Waals surface area contributed by atoms with Crippen molar-refractivity contribution in [2.45, 2.75) is 57.9 Å². The van der Waals surface area contributed by atoms with Crippen LogP contribution in [0.3, 0.4) is 0 Å². The second-order valence-electron chi connectivity index (χ2n) is 8.51. The number of benzene rings is 1. The van der Waals surface area contributed by atoms with E-state index in [-0.39, 0.29) is 25.2 Å². The van der Waals surface area contributed by atoms with Crippen molar-refractivity contribution in [3.63, 3.8) is 0 Å². The molecular formula is C21H30N4O6. The standard InChI is InChI=1S/C21H30N4O6/c1-21(2,3)31-19(27)22-11-12-29-23-18(26)17-10-9-16-13-24(17)20(28)25(16)30-14-15-7-5-4-6-8-15/h4-8,16-17H,9-14H2,1-3H3,(H,22,27)(H,23,26)/t16-,17?/m1/s1. The predicted octanol–water partition coefficient (Wildman–Crippen LogP) is 1.96. The number of piperidine rings is 1.